The molecule has 0 aliphatic rings. The van der Waals surface area contributed by atoms with Gasteiger partial charge in [0.1, 0.15) is 6.10 Å². The molecular formula is C11H13BrO4. The van der Waals surface area contributed by atoms with Gasteiger partial charge in [-0.05, 0) is 18.6 Å². The summed E-state index contributed by atoms with van der Waals surface area (Å²) in [5.41, 5.74) is 1.42. The van der Waals surface area contributed by atoms with E-state index < -0.39 is 24.6 Å². The fraction of sp³-hybridized carbons (Fsp3) is 0.364. The van der Waals surface area contributed by atoms with Crippen LogP contribution in [0.2, 0.25) is 0 Å². The van der Waals surface area contributed by atoms with E-state index >= 15 is 0 Å². The lowest BCUT2D eigenvalue weighted by Gasteiger charge is -2.18. The van der Waals surface area contributed by atoms with Gasteiger partial charge in [0.25, 0.3) is 0 Å². The standard InChI is InChI=1S/C11H13BrO4/c1-6-2-3-8(12)7(4-6)11(16)9(13)5-10(14)15/h2-4,9,11,13,16H,5H2,1H3,(H,14,15). The number of carbonyl (C=O) groups is 1. The number of benzene rings is 1. The van der Waals surface area contributed by atoms with Crippen LogP contribution in [0.5, 0.6) is 0 Å². The van der Waals surface area contributed by atoms with Crippen molar-refractivity contribution < 1.29 is 20.1 Å². The summed E-state index contributed by atoms with van der Waals surface area (Å²) >= 11 is 3.25. The van der Waals surface area contributed by atoms with Gasteiger partial charge in [0, 0.05) is 4.47 Å². The number of halogens is 1. The third-order valence-electron chi connectivity index (χ3n) is 2.22. The maximum atomic E-state index is 10.4. The zero-order valence-electron chi connectivity index (χ0n) is 8.72. The molecule has 16 heavy (non-hydrogen) atoms. The van der Waals surface area contributed by atoms with Crippen molar-refractivity contribution in [3.05, 3.63) is 33.8 Å². The monoisotopic (exact) mass is 288 g/mol. The number of carboxylic acids is 1. The SMILES string of the molecule is Cc1ccc(Br)c(C(O)C(O)CC(=O)O)c1. The van der Waals surface area contributed by atoms with Crippen LogP contribution < -0.4 is 0 Å². The predicted molar refractivity (Wildman–Crippen MR) is 62.1 cm³/mol. The Morgan fingerprint density at radius 1 is 1.44 bits per heavy atom. The van der Waals surface area contributed by atoms with Crippen molar-refractivity contribution >= 4 is 21.9 Å². The van der Waals surface area contributed by atoms with Gasteiger partial charge in [-0.15, -0.1) is 0 Å². The first-order chi connectivity index (χ1) is 7.41. The van der Waals surface area contributed by atoms with Crippen LogP contribution in [0.3, 0.4) is 0 Å². The Morgan fingerprint density at radius 2 is 2.06 bits per heavy atom. The molecule has 1 aromatic carbocycles. The van der Waals surface area contributed by atoms with Crippen molar-refractivity contribution in [2.75, 3.05) is 0 Å². The molecule has 0 fully saturated rings. The zero-order valence-corrected chi connectivity index (χ0v) is 10.3. The molecule has 1 rings (SSSR count). The normalized spacial score (nSPS) is 14.5. The Balaban J connectivity index is 2.90. The summed E-state index contributed by atoms with van der Waals surface area (Å²) in [4.78, 5) is 10.4. The maximum Gasteiger partial charge on any atom is 0.306 e. The lowest BCUT2D eigenvalue weighted by Crippen LogP contribution is -2.22. The summed E-state index contributed by atoms with van der Waals surface area (Å²) in [5, 5.41) is 27.8. The Kier molecular flexibility index (Phi) is 4.46. The molecule has 0 amide bonds. The van der Waals surface area contributed by atoms with Crippen molar-refractivity contribution in [1.82, 2.24) is 0 Å². The van der Waals surface area contributed by atoms with E-state index in [4.69, 9.17) is 5.11 Å². The van der Waals surface area contributed by atoms with E-state index in [0.29, 0.717) is 10.0 Å². The molecule has 5 heteroatoms. The van der Waals surface area contributed by atoms with Crippen LogP contribution in [-0.2, 0) is 4.79 Å². The van der Waals surface area contributed by atoms with Crippen molar-refractivity contribution in [1.29, 1.82) is 0 Å². The lowest BCUT2D eigenvalue weighted by molar-refractivity contribution is -0.141. The Bertz CT molecular complexity index is 392. The summed E-state index contributed by atoms with van der Waals surface area (Å²) in [7, 11) is 0. The molecule has 2 unspecified atom stereocenters. The van der Waals surface area contributed by atoms with E-state index in [0.717, 1.165) is 5.56 Å². The molecule has 0 spiro atoms. The first-order valence-corrected chi connectivity index (χ1v) is 5.55. The van der Waals surface area contributed by atoms with Crippen LogP contribution in [-0.4, -0.2) is 27.4 Å². The van der Waals surface area contributed by atoms with Gasteiger partial charge in [-0.3, -0.25) is 4.79 Å². The molecule has 0 heterocycles. The van der Waals surface area contributed by atoms with Crippen LogP contribution >= 0.6 is 15.9 Å². The summed E-state index contributed by atoms with van der Waals surface area (Å²) < 4.78 is 0.648. The highest BCUT2D eigenvalue weighted by molar-refractivity contribution is 9.10. The van der Waals surface area contributed by atoms with Crippen LogP contribution in [0.1, 0.15) is 23.7 Å². The third kappa shape index (κ3) is 3.30. The zero-order chi connectivity index (χ0) is 12.3. The van der Waals surface area contributed by atoms with Crippen LogP contribution in [0, 0.1) is 6.92 Å². The number of hydrogen-bond donors (Lipinski definition) is 3. The largest absolute Gasteiger partial charge is 0.481 e. The van der Waals surface area contributed by atoms with Gasteiger partial charge >= 0.3 is 5.97 Å². The fourth-order valence-electron chi connectivity index (χ4n) is 1.39. The quantitative estimate of drug-likeness (QED) is 0.787. The van der Waals surface area contributed by atoms with Crippen LogP contribution in [0.25, 0.3) is 0 Å². The number of aliphatic carboxylic acids is 1. The van der Waals surface area contributed by atoms with Crippen molar-refractivity contribution in [3.63, 3.8) is 0 Å². The molecule has 0 aromatic heterocycles. The topological polar surface area (TPSA) is 77.8 Å². The van der Waals surface area contributed by atoms with Crippen molar-refractivity contribution in [3.8, 4) is 0 Å². The van der Waals surface area contributed by atoms with Gasteiger partial charge in [0.15, 0.2) is 0 Å². The molecule has 2 atom stereocenters. The molecule has 0 aliphatic heterocycles. The van der Waals surface area contributed by atoms with E-state index in [9.17, 15) is 15.0 Å². The second kappa shape index (κ2) is 5.43. The number of aryl methyl sites for hydroxylation is 1. The molecule has 3 N–H and O–H groups in total. The smallest absolute Gasteiger partial charge is 0.306 e. The Morgan fingerprint density at radius 3 is 2.62 bits per heavy atom. The van der Waals surface area contributed by atoms with Gasteiger partial charge in [0.05, 0.1) is 12.5 Å². The fourth-order valence-corrected chi connectivity index (χ4v) is 1.87. The van der Waals surface area contributed by atoms with Crippen LogP contribution in [0.15, 0.2) is 22.7 Å². The predicted octanol–water partition coefficient (Wildman–Crippen LogP) is 1.63. The second-order valence-corrected chi connectivity index (χ2v) is 4.49. The first kappa shape index (κ1) is 13.2. The number of carboxylic acid groups (broad SMARTS) is 1. The summed E-state index contributed by atoms with van der Waals surface area (Å²) in [6, 6.07) is 5.31. The van der Waals surface area contributed by atoms with Crippen LogP contribution in [0.4, 0.5) is 0 Å². The van der Waals surface area contributed by atoms with Crippen molar-refractivity contribution in [2.24, 2.45) is 0 Å². The highest BCUT2D eigenvalue weighted by atomic mass is 79.9. The second-order valence-electron chi connectivity index (χ2n) is 3.64. The van der Waals surface area contributed by atoms with E-state index in [-0.39, 0.29) is 0 Å². The minimum absolute atomic E-state index is 0.485. The Labute approximate surface area is 102 Å². The molecule has 88 valence electrons. The summed E-state index contributed by atoms with van der Waals surface area (Å²) in [6.45, 7) is 1.85. The third-order valence-corrected chi connectivity index (χ3v) is 2.94. The van der Waals surface area contributed by atoms with E-state index in [1.807, 2.05) is 13.0 Å². The molecule has 4 nitrogen and oxygen atoms in total. The van der Waals surface area contributed by atoms with Gasteiger partial charge < -0.3 is 15.3 Å². The highest BCUT2D eigenvalue weighted by Gasteiger charge is 2.22. The van der Waals surface area contributed by atoms with Gasteiger partial charge in [-0.1, -0.05) is 33.6 Å². The molecule has 0 bridgehead atoms. The Hall–Kier alpha value is -0.910. The van der Waals surface area contributed by atoms with Gasteiger partial charge in [0.2, 0.25) is 0 Å². The highest BCUT2D eigenvalue weighted by Crippen LogP contribution is 2.27. The molecule has 0 radical (unpaired) electrons. The molecule has 0 aliphatic carbocycles. The maximum absolute atomic E-state index is 10.4. The number of aliphatic hydroxyl groups excluding tert-OH is 2. The molecular weight excluding hydrogens is 276 g/mol. The van der Waals surface area contributed by atoms with E-state index in [2.05, 4.69) is 15.9 Å². The van der Waals surface area contributed by atoms with E-state index in [1.165, 1.54) is 0 Å². The van der Waals surface area contributed by atoms with Gasteiger partial charge in [-0.25, -0.2) is 0 Å². The first-order valence-electron chi connectivity index (χ1n) is 4.75. The number of aliphatic hydroxyl groups is 2. The molecule has 1 aromatic rings. The summed E-state index contributed by atoms with van der Waals surface area (Å²) in [5.74, 6) is -1.14. The average molecular weight is 289 g/mol. The minimum atomic E-state index is -1.31. The summed E-state index contributed by atoms with van der Waals surface area (Å²) in [6.07, 6.45) is -3.00. The average Bonchev–Trinajstić information content (AvgIpc) is 2.19. The van der Waals surface area contributed by atoms with Crippen molar-refractivity contribution in [2.45, 2.75) is 25.6 Å². The molecule has 0 saturated heterocycles. The minimum Gasteiger partial charge on any atom is -0.481 e. The number of rotatable bonds is 4. The lowest BCUT2D eigenvalue weighted by atomic mass is 10.0. The van der Waals surface area contributed by atoms with Gasteiger partial charge in [-0.2, -0.15) is 0 Å². The molecule has 0 saturated carbocycles. The van der Waals surface area contributed by atoms with E-state index in [1.54, 1.807) is 12.1 Å². The number of hydrogen-bond acceptors (Lipinski definition) is 3.